The van der Waals surface area contributed by atoms with Crippen molar-refractivity contribution < 1.29 is 32.6 Å². The Morgan fingerprint density at radius 3 is 2.73 bits per heavy atom. The Balaban J connectivity index is 1.20. The molecule has 4 aliphatic rings. The molecule has 5 heterocycles. The molecule has 11 nitrogen and oxygen atoms in total. The number of benzene rings is 1. The Hall–Kier alpha value is -4.27. The number of rotatable bonds is 6. The third-order valence-electron chi connectivity index (χ3n) is 11.9. The molecule has 14 heteroatoms. The molecule has 292 valence electrons. The molecular weight excluding hydrogens is 727 g/mol. The number of hydrogen-bond donors (Lipinski definition) is 2. The Morgan fingerprint density at radius 1 is 1.20 bits per heavy atom. The fourth-order valence-corrected chi connectivity index (χ4v) is 9.85. The standard InChI is InChI=1S/C41H48F2N6O5S/c1-6-48-32-12-11-23-15-25(32)28(36(48)24-9-7-13-44-35(24)22(2)53-5)17-40(3,4)21-54-39(52)29-10-8-14-49(47-29)38(51)30(16-33-45-31(23)20-55-33)46-37(50)34-26-18-41(42,43)19-27(26)34/h7,9,11-13,15,20,22,26-27,29-30,34,47H,6,8,10,14,16-19,21H2,1-5H3,(H,46,50)/t22-,26+,27?,29-,30-,34?/m0/s1. The number of esters is 1. The molecule has 1 saturated heterocycles. The number of halogens is 2. The van der Waals surface area contributed by atoms with E-state index in [0.29, 0.717) is 37.4 Å². The Morgan fingerprint density at radius 2 is 1.98 bits per heavy atom. The van der Waals surface area contributed by atoms with Crippen molar-refractivity contribution in [2.75, 3.05) is 20.3 Å². The summed E-state index contributed by atoms with van der Waals surface area (Å²) in [5, 5.41) is 7.98. The number of ether oxygens (including phenoxy) is 2. The zero-order valence-corrected chi connectivity index (χ0v) is 32.7. The van der Waals surface area contributed by atoms with Gasteiger partial charge in [-0.3, -0.25) is 24.4 Å². The third-order valence-corrected chi connectivity index (χ3v) is 12.7. The number of amides is 2. The highest BCUT2D eigenvalue weighted by atomic mass is 32.1. The average molecular weight is 775 g/mol. The van der Waals surface area contributed by atoms with Gasteiger partial charge in [0.2, 0.25) is 11.8 Å². The summed E-state index contributed by atoms with van der Waals surface area (Å²) in [5.74, 6) is -5.27. The Bertz CT molecular complexity index is 2140. The predicted molar refractivity (Wildman–Crippen MR) is 204 cm³/mol. The highest BCUT2D eigenvalue weighted by Gasteiger charge is 2.65. The van der Waals surface area contributed by atoms with Crippen LogP contribution in [0.3, 0.4) is 0 Å². The monoisotopic (exact) mass is 774 g/mol. The highest BCUT2D eigenvalue weighted by molar-refractivity contribution is 7.10. The van der Waals surface area contributed by atoms with Crippen molar-refractivity contribution in [2.45, 2.75) is 96.9 Å². The van der Waals surface area contributed by atoms with Crippen molar-refractivity contribution in [2.24, 2.45) is 23.2 Å². The quantitative estimate of drug-likeness (QED) is 0.213. The topological polar surface area (TPSA) is 128 Å². The van der Waals surface area contributed by atoms with Crippen LogP contribution >= 0.6 is 11.3 Å². The van der Waals surface area contributed by atoms with Gasteiger partial charge in [0, 0.05) is 84.4 Å². The first-order valence-corrected chi connectivity index (χ1v) is 20.2. The van der Waals surface area contributed by atoms with Crippen molar-refractivity contribution >= 4 is 40.0 Å². The summed E-state index contributed by atoms with van der Waals surface area (Å²) >= 11 is 1.40. The minimum atomic E-state index is -2.75. The number of pyridine rings is 1. The molecule has 3 aromatic heterocycles. The van der Waals surface area contributed by atoms with Crippen LogP contribution in [0.4, 0.5) is 8.78 Å². The number of aromatic nitrogens is 3. The molecule has 1 aromatic carbocycles. The Labute approximate surface area is 323 Å². The lowest BCUT2D eigenvalue weighted by Gasteiger charge is -2.35. The van der Waals surface area contributed by atoms with Crippen molar-refractivity contribution in [3.8, 4) is 22.5 Å². The second-order valence-corrected chi connectivity index (χ2v) is 17.3. The lowest BCUT2D eigenvalue weighted by molar-refractivity contribution is -0.155. The number of thiazole rings is 1. The predicted octanol–water partition coefficient (Wildman–Crippen LogP) is 6.49. The number of fused-ring (bicyclic) bond motifs is 7. The van der Waals surface area contributed by atoms with Gasteiger partial charge >= 0.3 is 5.97 Å². The number of alkyl halides is 2. The van der Waals surface area contributed by atoms with Gasteiger partial charge in [-0.1, -0.05) is 19.9 Å². The summed E-state index contributed by atoms with van der Waals surface area (Å²) in [6, 6.07) is 8.59. The maximum Gasteiger partial charge on any atom is 0.324 e. The van der Waals surface area contributed by atoms with Crippen LogP contribution in [-0.2, 0) is 43.2 Å². The molecule has 2 aliphatic heterocycles. The van der Waals surface area contributed by atoms with Gasteiger partial charge in [-0.25, -0.2) is 19.2 Å². The maximum absolute atomic E-state index is 14.2. The maximum atomic E-state index is 14.2. The van der Waals surface area contributed by atoms with Gasteiger partial charge in [0.15, 0.2) is 0 Å². The van der Waals surface area contributed by atoms with Gasteiger partial charge in [0.05, 0.1) is 34.8 Å². The number of hydrazine groups is 1. The van der Waals surface area contributed by atoms with Gasteiger partial charge < -0.3 is 19.4 Å². The third kappa shape index (κ3) is 7.17. The van der Waals surface area contributed by atoms with Crippen LogP contribution in [0.25, 0.3) is 33.4 Å². The number of nitrogens with zero attached hydrogens (tertiary/aromatic N) is 4. The average Bonchev–Trinajstić information content (AvgIpc) is 3.44. The van der Waals surface area contributed by atoms with E-state index < -0.39 is 41.2 Å². The van der Waals surface area contributed by atoms with Crippen molar-refractivity contribution in [3.63, 3.8) is 0 Å². The number of nitrogens with one attached hydrogen (secondary N) is 2. The number of carbonyl (C=O) groups excluding carboxylic acids is 3. The molecule has 2 N–H and O–H groups in total. The molecule has 8 rings (SSSR count). The molecule has 55 heavy (non-hydrogen) atoms. The SMILES string of the molecule is CCn1c(-c2cccnc2[C@H](C)OC)c2c3cc(ccc31)-c1csc(n1)C[C@H](NC(=O)C1C3CC(F)(F)C[C@H]31)C(=O)N1CCC[C@H](N1)C(=O)OCC(C)(C)C2. The summed E-state index contributed by atoms with van der Waals surface area (Å²) < 4.78 is 42.0. The molecule has 2 aliphatic carbocycles. The van der Waals surface area contributed by atoms with Crippen molar-refractivity contribution in [3.05, 3.63) is 58.2 Å². The zero-order chi connectivity index (χ0) is 38.8. The van der Waals surface area contributed by atoms with E-state index in [1.165, 1.54) is 16.3 Å². The smallest absolute Gasteiger partial charge is 0.324 e. The number of cyclic esters (lactones) is 1. The Kier molecular flexibility index (Phi) is 9.82. The second-order valence-electron chi connectivity index (χ2n) is 16.4. The molecular formula is C41H48F2N6O5S. The second kappa shape index (κ2) is 14.3. The summed E-state index contributed by atoms with van der Waals surface area (Å²) in [6.45, 7) is 9.46. The molecule has 0 spiro atoms. The molecule has 0 radical (unpaired) electrons. The van der Waals surface area contributed by atoms with Gasteiger partial charge in [-0.2, -0.15) is 0 Å². The summed E-state index contributed by atoms with van der Waals surface area (Å²) in [6.07, 6.45) is 2.66. The van der Waals surface area contributed by atoms with Gasteiger partial charge in [0.1, 0.15) is 12.1 Å². The molecule has 3 fully saturated rings. The van der Waals surface area contributed by atoms with E-state index in [9.17, 15) is 23.2 Å². The van der Waals surface area contributed by atoms with Crippen LogP contribution in [0, 0.1) is 23.2 Å². The number of carbonyl (C=O) groups is 3. The molecule has 2 saturated carbocycles. The lowest BCUT2D eigenvalue weighted by Crippen LogP contribution is -2.60. The molecule has 2 unspecified atom stereocenters. The van der Waals surface area contributed by atoms with Crippen LogP contribution in [0.1, 0.15) is 75.7 Å². The van der Waals surface area contributed by atoms with Crippen molar-refractivity contribution in [1.82, 2.24) is 30.3 Å². The van der Waals surface area contributed by atoms with Crippen LogP contribution < -0.4 is 10.7 Å². The summed E-state index contributed by atoms with van der Waals surface area (Å²) in [5.41, 5.74) is 9.25. The van der Waals surface area contributed by atoms with Gasteiger partial charge in [-0.05, 0) is 74.8 Å². The van der Waals surface area contributed by atoms with E-state index in [2.05, 4.69) is 60.3 Å². The van der Waals surface area contributed by atoms with E-state index in [-0.39, 0.29) is 49.7 Å². The molecule has 6 bridgehead atoms. The van der Waals surface area contributed by atoms with Crippen LogP contribution in [0.15, 0.2) is 41.9 Å². The van der Waals surface area contributed by atoms with Crippen LogP contribution in [0.5, 0.6) is 0 Å². The van der Waals surface area contributed by atoms with Gasteiger partial charge in [-0.15, -0.1) is 11.3 Å². The van der Waals surface area contributed by atoms with Crippen LogP contribution in [-0.4, -0.2) is 75.6 Å². The van der Waals surface area contributed by atoms with Gasteiger partial charge in [0.25, 0.3) is 5.91 Å². The fraction of sp³-hybridized carbons (Fsp3) is 0.537. The van der Waals surface area contributed by atoms with Crippen molar-refractivity contribution in [1.29, 1.82) is 0 Å². The number of hydrogen-bond acceptors (Lipinski definition) is 9. The number of methoxy groups -OCH3 is 1. The van der Waals surface area contributed by atoms with E-state index in [4.69, 9.17) is 19.4 Å². The summed E-state index contributed by atoms with van der Waals surface area (Å²) in [4.78, 5) is 51.1. The first-order chi connectivity index (χ1) is 26.3. The summed E-state index contributed by atoms with van der Waals surface area (Å²) in [7, 11) is 1.68. The molecule has 2 amide bonds. The fourth-order valence-electron chi connectivity index (χ4n) is 9.00. The largest absolute Gasteiger partial charge is 0.464 e. The van der Waals surface area contributed by atoms with Crippen LogP contribution in [0.2, 0.25) is 0 Å². The first-order valence-electron chi connectivity index (χ1n) is 19.3. The molecule has 4 aromatic rings. The highest BCUT2D eigenvalue weighted by Crippen LogP contribution is 2.62. The number of aryl methyl sites for hydroxylation is 1. The van der Waals surface area contributed by atoms with E-state index in [0.717, 1.165) is 44.7 Å². The van der Waals surface area contributed by atoms with E-state index >= 15 is 0 Å². The zero-order valence-electron chi connectivity index (χ0n) is 31.9. The first kappa shape index (κ1) is 37.6. The molecule has 6 atom stereocenters. The normalized spacial score (nSPS) is 26.6. The minimum absolute atomic E-state index is 0.111. The minimum Gasteiger partial charge on any atom is -0.464 e. The van der Waals surface area contributed by atoms with E-state index in [1.54, 1.807) is 13.3 Å². The lowest BCUT2D eigenvalue weighted by atomic mass is 9.84. The van der Waals surface area contributed by atoms with E-state index in [1.807, 2.05) is 18.4 Å².